The molecule has 0 radical (unpaired) electrons. The fourth-order valence-electron chi connectivity index (χ4n) is 2.39. The van der Waals surface area contributed by atoms with Crippen molar-refractivity contribution in [3.05, 3.63) is 35.9 Å². The fourth-order valence-corrected chi connectivity index (χ4v) is 2.39. The first kappa shape index (κ1) is 13.0. The highest BCUT2D eigenvalue weighted by molar-refractivity contribution is 5.94. The molecular formula is C14H18FNO2. The Morgan fingerprint density at radius 3 is 2.78 bits per heavy atom. The summed E-state index contributed by atoms with van der Waals surface area (Å²) in [5.41, 5.74) is 0.646. The van der Waals surface area contributed by atoms with Gasteiger partial charge in [0.05, 0.1) is 12.8 Å². The maximum absolute atomic E-state index is 12.4. The van der Waals surface area contributed by atoms with Gasteiger partial charge in [0.15, 0.2) is 0 Å². The number of rotatable bonds is 3. The Labute approximate surface area is 106 Å². The summed E-state index contributed by atoms with van der Waals surface area (Å²) in [7, 11) is 0. The van der Waals surface area contributed by atoms with Crippen LogP contribution < -0.4 is 0 Å². The van der Waals surface area contributed by atoms with Crippen molar-refractivity contribution in [3.63, 3.8) is 0 Å². The van der Waals surface area contributed by atoms with Crippen molar-refractivity contribution in [2.75, 3.05) is 19.8 Å². The normalized spacial score (nSPS) is 24.0. The van der Waals surface area contributed by atoms with Gasteiger partial charge in [-0.1, -0.05) is 18.2 Å². The smallest absolute Gasteiger partial charge is 0.253 e. The third-order valence-electron chi connectivity index (χ3n) is 3.48. The van der Waals surface area contributed by atoms with Crippen LogP contribution in [0.1, 0.15) is 23.2 Å². The summed E-state index contributed by atoms with van der Waals surface area (Å²) in [6, 6.07) is 9.06. The molecule has 1 aliphatic rings. The molecular weight excluding hydrogens is 233 g/mol. The Balaban J connectivity index is 2.03. The monoisotopic (exact) mass is 251 g/mol. The average Bonchev–Trinajstić information content (AvgIpc) is 2.42. The van der Waals surface area contributed by atoms with Crippen molar-refractivity contribution in [1.29, 1.82) is 0 Å². The number of hydrogen-bond acceptors (Lipinski definition) is 2. The molecule has 3 nitrogen and oxygen atoms in total. The molecule has 0 spiro atoms. The van der Waals surface area contributed by atoms with E-state index in [0.29, 0.717) is 31.5 Å². The van der Waals surface area contributed by atoms with Crippen molar-refractivity contribution < 1.29 is 14.3 Å². The number of aliphatic hydroxyl groups is 1. The van der Waals surface area contributed by atoms with Gasteiger partial charge >= 0.3 is 0 Å². The molecule has 2 rings (SSSR count). The second-order valence-corrected chi connectivity index (χ2v) is 4.71. The number of likely N-dealkylation sites (tertiary alicyclic amines) is 1. The topological polar surface area (TPSA) is 40.5 Å². The zero-order chi connectivity index (χ0) is 13.0. The van der Waals surface area contributed by atoms with Gasteiger partial charge in [-0.25, -0.2) is 0 Å². The minimum Gasteiger partial charge on any atom is -0.393 e. The maximum Gasteiger partial charge on any atom is 0.253 e. The Morgan fingerprint density at radius 2 is 2.11 bits per heavy atom. The second-order valence-electron chi connectivity index (χ2n) is 4.71. The highest BCUT2D eigenvalue weighted by Crippen LogP contribution is 2.22. The molecule has 1 aromatic carbocycles. The molecule has 0 aliphatic carbocycles. The molecule has 1 saturated heterocycles. The van der Waals surface area contributed by atoms with Gasteiger partial charge in [0.1, 0.15) is 0 Å². The van der Waals surface area contributed by atoms with Gasteiger partial charge in [0.25, 0.3) is 5.91 Å². The lowest BCUT2D eigenvalue weighted by molar-refractivity contribution is 0.0192. The molecule has 1 fully saturated rings. The Morgan fingerprint density at radius 1 is 1.39 bits per heavy atom. The van der Waals surface area contributed by atoms with E-state index in [1.165, 1.54) is 0 Å². The molecule has 1 heterocycles. The van der Waals surface area contributed by atoms with Crippen LogP contribution in [-0.2, 0) is 0 Å². The first-order valence-electron chi connectivity index (χ1n) is 6.30. The number of nitrogens with zero attached hydrogens (tertiary/aromatic N) is 1. The lowest BCUT2D eigenvalue weighted by Crippen LogP contribution is -2.46. The molecule has 98 valence electrons. The quantitative estimate of drug-likeness (QED) is 0.891. The second kappa shape index (κ2) is 5.96. The fraction of sp³-hybridized carbons (Fsp3) is 0.500. The van der Waals surface area contributed by atoms with Crippen LogP contribution in [0.3, 0.4) is 0 Å². The molecule has 18 heavy (non-hydrogen) atoms. The number of halogens is 1. The summed E-state index contributed by atoms with van der Waals surface area (Å²) in [5, 5.41) is 9.77. The van der Waals surface area contributed by atoms with E-state index >= 15 is 0 Å². The summed E-state index contributed by atoms with van der Waals surface area (Å²) >= 11 is 0. The van der Waals surface area contributed by atoms with Crippen LogP contribution in [0.4, 0.5) is 4.39 Å². The van der Waals surface area contributed by atoms with Gasteiger partial charge in [-0.15, -0.1) is 0 Å². The van der Waals surface area contributed by atoms with Crippen LogP contribution in [0.2, 0.25) is 0 Å². The highest BCUT2D eigenvalue weighted by Gasteiger charge is 2.30. The van der Waals surface area contributed by atoms with E-state index in [2.05, 4.69) is 0 Å². The zero-order valence-electron chi connectivity index (χ0n) is 10.3. The zero-order valence-corrected chi connectivity index (χ0v) is 10.3. The summed E-state index contributed by atoms with van der Waals surface area (Å²) in [6.45, 7) is 0.533. The summed E-state index contributed by atoms with van der Waals surface area (Å²) in [4.78, 5) is 13.9. The lowest BCUT2D eigenvalue weighted by atomic mass is 9.92. The third kappa shape index (κ3) is 2.88. The average molecular weight is 251 g/mol. The molecule has 2 atom stereocenters. The SMILES string of the molecule is O=C(c1ccccc1)N1CCC(O)C(CCF)C1. The van der Waals surface area contributed by atoms with Gasteiger partial charge in [-0.2, -0.15) is 0 Å². The number of aliphatic hydroxyl groups excluding tert-OH is 1. The van der Waals surface area contributed by atoms with Gasteiger partial charge < -0.3 is 10.0 Å². The molecule has 1 N–H and O–H groups in total. The Hall–Kier alpha value is -1.42. The number of alkyl halides is 1. The third-order valence-corrected chi connectivity index (χ3v) is 3.48. The molecule has 0 aromatic heterocycles. The van der Waals surface area contributed by atoms with E-state index in [1.807, 2.05) is 18.2 Å². The largest absolute Gasteiger partial charge is 0.393 e. The number of hydrogen-bond donors (Lipinski definition) is 1. The first-order valence-corrected chi connectivity index (χ1v) is 6.30. The van der Waals surface area contributed by atoms with Gasteiger partial charge in [0, 0.05) is 24.6 Å². The van der Waals surface area contributed by atoms with Crippen LogP contribution in [0.5, 0.6) is 0 Å². The highest BCUT2D eigenvalue weighted by atomic mass is 19.1. The van der Waals surface area contributed by atoms with E-state index in [0.717, 1.165) is 0 Å². The molecule has 1 amide bonds. The summed E-state index contributed by atoms with van der Waals surface area (Å²) in [6.07, 6.45) is 0.365. The summed E-state index contributed by atoms with van der Waals surface area (Å²) in [5.74, 6) is -0.178. The van der Waals surface area contributed by atoms with Crippen LogP contribution in [-0.4, -0.2) is 41.8 Å². The van der Waals surface area contributed by atoms with Crippen molar-refractivity contribution >= 4 is 5.91 Å². The van der Waals surface area contributed by atoms with E-state index in [1.54, 1.807) is 17.0 Å². The van der Waals surface area contributed by atoms with Crippen molar-refractivity contribution in [1.82, 2.24) is 4.90 Å². The number of benzene rings is 1. The number of carbonyl (C=O) groups excluding carboxylic acids is 1. The molecule has 1 aliphatic heterocycles. The number of amides is 1. The van der Waals surface area contributed by atoms with Crippen LogP contribution in [0, 0.1) is 5.92 Å². The molecule has 0 saturated carbocycles. The van der Waals surface area contributed by atoms with Crippen LogP contribution in [0.15, 0.2) is 30.3 Å². The van der Waals surface area contributed by atoms with Gasteiger partial charge in [-0.3, -0.25) is 9.18 Å². The van der Waals surface area contributed by atoms with Crippen molar-refractivity contribution in [2.45, 2.75) is 18.9 Å². The summed E-state index contributed by atoms with van der Waals surface area (Å²) < 4.78 is 12.4. The van der Waals surface area contributed by atoms with Gasteiger partial charge in [0.2, 0.25) is 0 Å². The van der Waals surface area contributed by atoms with E-state index in [-0.39, 0.29) is 11.8 Å². The van der Waals surface area contributed by atoms with Crippen molar-refractivity contribution in [3.8, 4) is 0 Å². The lowest BCUT2D eigenvalue weighted by Gasteiger charge is -2.36. The maximum atomic E-state index is 12.4. The number of piperidine rings is 1. The van der Waals surface area contributed by atoms with Crippen LogP contribution >= 0.6 is 0 Å². The standard InChI is InChI=1S/C14H18FNO2/c15-8-6-12-10-16(9-7-13(12)17)14(18)11-4-2-1-3-5-11/h1-5,12-13,17H,6-10H2. The minimum atomic E-state index is -0.486. The van der Waals surface area contributed by atoms with E-state index < -0.39 is 12.8 Å². The van der Waals surface area contributed by atoms with Crippen LogP contribution in [0.25, 0.3) is 0 Å². The molecule has 4 heteroatoms. The Kier molecular flexibility index (Phi) is 4.31. The Bertz CT molecular complexity index is 396. The number of carbonyl (C=O) groups is 1. The predicted molar refractivity (Wildman–Crippen MR) is 67.1 cm³/mol. The molecule has 1 aromatic rings. The molecule has 0 bridgehead atoms. The first-order chi connectivity index (χ1) is 8.72. The van der Waals surface area contributed by atoms with E-state index in [4.69, 9.17) is 0 Å². The van der Waals surface area contributed by atoms with Gasteiger partial charge in [-0.05, 0) is 25.0 Å². The van der Waals surface area contributed by atoms with Crippen molar-refractivity contribution in [2.24, 2.45) is 5.92 Å². The predicted octanol–water partition coefficient (Wildman–Crippen LogP) is 1.87. The van der Waals surface area contributed by atoms with E-state index in [9.17, 15) is 14.3 Å². The molecule has 2 unspecified atom stereocenters. The minimum absolute atomic E-state index is 0.0358.